The molecule has 0 aliphatic carbocycles. The molecule has 1 N–H and O–H groups in total. The Bertz CT molecular complexity index is 510. The summed E-state index contributed by atoms with van der Waals surface area (Å²) in [5.74, 6) is -0.322. The van der Waals surface area contributed by atoms with Crippen molar-refractivity contribution >= 4 is 17.3 Å². The SMILES string of the molecule is CCn1cc(NCc2ccc(F)cc2Cl)cn1. The van der Waals surface area contributed by atoms with E-state index in [1.165, 1.54) is 12.1 Å². The molecule has 1 aromatic heterocycles. The summed E-state index contributed by atoms with van der Waals surface area (Å²) >= 11 is 5.93. The Kier molecular flexibility index (Phi) is 3.64. The number of benzene rings is 1. The van der Waals surface area contributed by atoms with E-state index in [4.69, 9.17) is 11.6 Å². The molecule has 0 bridgehead atoms. The minimum absolute atomic E-state index is 0.322. The largest absolute Gasteiger partial charge is 0.378 e. The van der Waals surface area contributed by atoms with Gasteiger partial charge in [-0.05, 0) is 24.6 Å². The van der Waals surface area contributed by atoms with E-state index in [1.807, 2.05) is 17.8 Å². The number of hydrogen-bond donors (Lipinski definition) is 1. The van der Waals surface area contributed by atoms with Gasteiger partial charge in [0.05, 0.1) is 11.9 Å². The molecule has 0 radical (unpaired) electrons. The minimum atomic E-state index is -0.322. The number of anilines is 1. The van der Waals surface area contributed by atoms with E-state index in [9.17, 15) is 4.39 Å². The fourth-order valence-electron chi connectivity index (χ4n) is 1.49. The van der Waals surface area contributed by atoms with Crippen LogP contribution in [-0.4, -0.2) is 9.78 Å². The summed E-state index contributed by atoms with van der Waals surface area (Å²) in [6.07, 6.45) is 3.67. The molecule has 0 fully saturated rings. The van der Waals surface area contributed by atoms with E-state index in [2.05, 4.69) is 10.4 Å². The van der Waals surface area contributed by atoms with Gasteiger partial charge < -0.3 is 5.32 Å². The molecular formula is C12H13ClFN3. The minimum Gasteiger partial charge on any atom is -0.378 e. The molecule has 2 rings (SSSR count). The number of rotatable bonds is 4. The lowest BCUT2D eigenvalue weighted by atomic mass is 10.2. The molecule has 0 saturated carbocycles. The Balaban J connectivity index is 2.02. The van der Waals surface area contributed by atoms with Crippen molar-refractivity contribution in [3.8, 4) is 0 Å². The van der Waals surface area contributed by atoms with Crippen LogP contribution in [-0.2, 0) is 13.1 Å². The molecular weight excluding hydrogens is 241 g/mol. The lowest BCUT2D eigenvalue weighted by Gasteiger charge is -2.05. The summed E-state index contributed by atoms with van der Waals surface area (Å²) in [5.41, 5.74) is 1.78. The van der Waals surface area contributed by atoms with Crippen molar-refractivity contribution in [1.29, 1.82) is 0 Å². The lowest BCUT2D eigenvalue weighted by Crippen LogP contribution is -1.99. The highest BCUT2D eigenvalue weighted by Gasteiger charge is 2.02. The molecule has 2 aromatic rings. The highest BCUT2D eigenvalue weighted by Crippen LogP contribution is 2.18. The van der Waals surface area contributed by atoms with Crippen molar-refractivity contribution in [2.45, 2.75) is 20.0 Å². The van der Waals surface area contributed by atoms with Gasteiger partial charge in [0.1, 0.15) is 5.82 Å². The zero-order chi connectivity index (χ0) is 12.3. The van der Waals surface area contributed by atoms with Gasteiger partial charge in [-0.3, -0.25) is 4.68 Å². The predicted molar refractivity (Wildman–Crippen MR) is 66.6 cm³/mol. The van der Waals surface area contributed by atoms with Crippen molar-refractivity contribution < 1.29 is 4.39 Å². The first-order chi connectivity index (χ1) is 8.19. The summed E-state index contributed by atoms with van der Waals surface area (Å²) in [4.78, 5) is 0. The van der Waals surface area contributed by atoms with Gasteiger partial charge in [-0.15, -0.1) is 0 Å². The molecule has 90 valence electrons. The van der Waals surface area contributed by atoms with Gasteiger partial charge in [0.25, 0.3) is 0 Å². The second-order valence-corrected chi connectivity index (χ2v) is 4.08. The Morgan fingerprint density at radius 2 is 2.29 bits per heavy atom. The van der Waals surface area contributed by atoms with E-state index < -0.39 is 0 Å². The van der Waals surface area contributed by atoms with E-state index in [-0.39, 0.29) is 5.82 Å². The van der Waals surface area contributed by atoms with Crippen LogP contribution in [0, 0.1) is 5.82 Å². The molecule has 1 heterocycles. The summed E-state index contributed by atoms with van der Waals surface area (Å²) in [5, 5.41) is 7.76. The number of nitrogens with one attached hydrogen (secondary N) is 1. The molecule has 0 saturated heterocycles. The number of hydrogen-bond acceptors (Lipinski definition) is 2. The van der Waals surface area contributed by atoms with E-state index in [0.29, 0.717) is 11.6 Å². The quantitative estimate of drug-likeness (QED) is 0.906. The van der Waals surface area contributed by atoms with Crippen LogP contribution in [0.5, 0.6) is 0 Å². The average molecular weight is 254 g/mol. The maximum Gasteiger partial charge on any atom is 0.124 e. The summed E-state index contributed by atoms with van der Waals surface area (Å²) < 4.78 is 14.7. The van der Waals surface area contributed by atoms with Crippen LogP contribution >= 0.6 is 11.6 Å². The normalized spacial score (nSPS) is 10.5. The lowest BCUT2D eigenvalue weighted by molar-refractivity contribution is 0.627. The van der Waals surface area contributed by atoms with Crippen LogP contribution in [0.15, 0.2) is 30.6 Å². The molecule has 0 amide bonds. The zero-order valence-corrected chi connectivity index (χ0v) is 10.2. The smallest absolute Gasteiger partial charge is 0.124 e. The average Bonchev–Trinajstić information content (AvgIpc) is 2.76. The Morgan fingerprint density at radius 3 is 2.94 bits per heavy atom. The fraction of sp³-hybridized carbons (Fsp3) is 0.250. The highest BCUT2D eigenvalue weighted by molar-refractivity contribution is 6.31. The van der Waals surface area contributed by atoms with Gasteiger partial charge in [-0.1, -0.05) is 17.7 Å². The molecule has 0 aliphatic rings. The van der Waals surface area contributed by atoms with Crippen molar-refractivity contribution in [2.75, 3.05) is 5.32 Å². The van der Waals surface area contributed by atoms with Crippen LogP contribution in [0.4, 0.5) is 10.1 Å². The number of halogens is 2. The third-order valence-electron chi connectivity index (χ3n) is 2.46. The zero-order valence-electron chi connectivity index (χ0n) is 9.45. The first-order valence-corrected chi connectivity index (χ1v) is 5.77. The van der Waals surface area contributed by atoms with Crippen LogP contribution in [0.25, 0.3) is 0 Å². The van der Waals surface area contributed by atoms with Crippen molar-refractivity contribution in [3.63, 3.8) is 0 Å². The fourth-order valence-corrected chi connectivity index (χ4v) is 1.72. The van der Waals surface area contributed by atoms with Gasteiger partial charge in [-0.25, -0.2) is 4.39 Å². The summed E-state index contributed by atoms with van der Waals surface area (Å²) in [6.45, 7) is 3.40. The first-order valence-electron chi connectivity index (χ1n) is 5.39. The third kappa shape index (κ3) is 2.97. The highest BCUT2D eigenvalue weighted by atomic mass is 35.5. The molecule has 5 heteroatoms. The van der Waals surface area contributed by atoms with Crippen LogP contribution in [0.1, 0.15) is 12.5 Å². The van der Waals surface area contributed by atoms with Crippen molar-refractivity contribution in [2.24, 2.45) is 0 Å². The maximum atomic E-state index is 12.8. The third-order valence-corrected chi connectivity index (χ3v) is 2.81. The molecule has 0 spiro atoms. The first kappa shape index (κ1) is 11.9. The van der Waals surface area contributed by atoms with Gasteiger partial charge >= 0.3 is 0 Å². The summed E-state index contributed by atoms with van der Waals surface area (Å²) in [6, 6.07) is 4.39. The standard InChI is InChI=1S/C12H13ClFN3/c1-2-17-8-11(7-16-17)15-6-9-3-4-10(14)5-12(9)13/h3-5,7-8,15H,2,6H2,1H3. The van der Waals surface area contributed by atoms with Crippen molar-refractivity contribution in [3.05, 3.63) is 47.0 Å². The Labute approximate surface area is 104 Å². The molecule has 1 aromatic carbocycles. The monoisotopic (exact) mass is 253 g/mol. The topological polar surface area (TPSA) is 29.9 Å². The van der Waals surface area contributed by atoms with E-state index in [1.54, 1.807) is 12.3 Å². The number of aryl methyl sites for hydroxylation is 1. The van der Waals surface area contributed by atoms with Gasteiger partial charge in [0, 0.05) is 24.3 Å². The molecule has 3 nitrogen and oxygen atoms in total. The molecule has 0 aliphatic heterocycles. The predicted octanol–water partition coefficient (Wildman–Crippen LogP) is 3.31. The van der Waals surface area contributed by atoms with Gasteiger partial charge in [0.2, 0.25) is 0 Å². The number of nitrogens with zero attached hydrogens (tertiary/aromatic N) is 2. The van der Waals surface area contributed by atoms with Gasteiger partial charge in [-0.2, -0.15) is 5.10 Å². The van der Waals surface area contributed by atoms with Gasteiger partial charge in [0.15, 0.2) is 0 Å². The molecule has 0 atom stereocenters. The van der Waals surface area contributed by atoms with Crippen LogP contribution in [0.3, 0.4) is 0 Å². The Hall–Kier alpha value is -1.55. The second-order valence-electron chi connectivity index (χ2n) is 3.67. The Morgan fingerprint density at radius 1 is 1.47 bits per heavy atom. The summed E-state index contributed by atoms with van der Waals surface area (Å²) in [7, 11) is 0. The number of aromatic nitrogens is 2. The molecule has 17 heavy (non-hydrogen) atoms. The van der Waals surface area contributed by atoms with E-state index in [0.717, 1.165) is 17.8 Å². The van der Waals surface area contributed by atoms with E-state index >= 15 is 0 Å². The molecule has 0 unspecified atom stereocenters. The maximum absolute atomic E-state index is 12.8. The second kappa shape index (κ2) is 5.19. The van der Waals surface area contributed by atoms with Crippen molar-refractivity contribution in [1.82, 2.24) is 9.78 Å². The van der Waals surface area contributed by atoms with Crippen LogP contribution < -0.4 is 5.32 Å². The van der Waals surface area contributed by atoms with Crippen LogP contribution in [0.2, 0.25) is 5.02 Å².